The Balaban J connectivity index is 0.000000296. The zero-order valence-corrected chi connectivity index (χ0v) is 48.5. The standard InChI is InChI=1S/C30H40N4O7S.C28H40N4O5S/c1-30(2,13-7-14-31)20-34(42(37,38)23-11-6-10-22(32)17-23)18-26(35)25(16-21-8-4-3-5-9-21)33-29(36)41-27-19-40-28-24(27)12-15-39-28;1-27(2,3)37-26(34)31-24(17-21-11-7-6-8-12-21)25(33)19-32(20-28(4,5)15-10-16-29)38(35,36)23-14-9-13-22(30)18-23/h3-6,8-11,17,24-28,35H,7,12-13,15-16,18-20,32H2,1-2H3,(H,33,36);6-9,11-14,18,24-25,33H,10,15,17,19-20,30H2,1-5H3,(H,31,34)/t24-,25+,26-,27?,28+;24-,25+/m10/s1. The molecule has 4 aromatic carbocycles. The third-order valence-corrected chi connectivity index (χ3v) is 17.2. The maximum absolute atomic E-state index is 13.9. The van der Waals surface area contributed by atoms with E-state index < -0.39 is 79.1 Å². The Morgan fingerprint density at radius 2 is 1.11 bits per heavy atom. The molecular weight excluding hydrogens is 1060 g/mol. The molecule has 4 aromatic rings. The van der Waals surface area contributed by atoms with Gasteiger partial charge in [-0.05, 0) is 111 Å². The number of alkyl carbamates (subject to hydrolysis) is 2. The highest BCUT2D eigenvalue weighted by Crippen LogP contribution is 2.34. The molecule has 6 rings (SSSR count). The number of rotatable bonds is 25. The van der Waals surface area contributed by atoms with Gasteiger partial charge in [-0.3, -0.25) is 0 Å². The number of fused-ring (bicyclic) bond motifs is 1. The Morgan fingerprint density at radius 3 is 1.52 bits per heavy atom. The van der Waals surface area contributed by atoms with Crippen LogP contribution in [-0.2, 0) is 51.8 Å². The minimum atomic E-state index is -4.10. The number of nitrogen functional groups attached to an aromatic ring is 2. The van der Waals surface area contributed by atoms with E-state index in [2.05, 4.69) is 22.8 Å². The lowest BCUT2D eigenvalue weighted by Gasteiger charge is -2.35. The summed E-state index contributed by atoms with van der Waals surface area (Å²) in [6.07, 6.45) is -2.23. The molecule has 2 saturated heterocycles. The van der Waals surface area contributed by atoms with E-state index >= 15 is 0 Å². The Labute approximate surface area is 472 Å². The van der Waals surface area contributed by atoms with Crippen LogP contribution in [0.25, 0.3) is 0 Å². The minimum Gasteiger partial charge on any atom is -0.444 e. The van der Waals surface area contributed by atoms with E-state index in [0.29, 0.717) is 25.1 Å². The van der Waals surface area contributed by atoms with E-state index in [1.54, 1.807) is 45.0 Å². The van der Waals surface area contributed by atoms with Crippen LogP contribution in [0.2, 0.25) is 0 Å². The van der Waals surface area contributed by atoms with Crippen molar-refractivity contribution in [3.8, 4) is 12.1 Å². The van der Waals surface area contributed by atoms with Crippen molar-refractivity contribution in [3.63, 3.8) is 0 Å². The monoisotopic (exact) mass is 1140 g/mol. The third-order valence-electron chi connectivity index (χ3n) is 13.6. The number of ether oxygens (including phenoxy) is 4. The molecule has 2 heterocycles. The maximum atomic E-state index is 13.9. The molecule has 2 amide bonds. The number of carbonyl (C=O) groups excluding carboxylic acids is 2. The molecule has 2 aliphatic heterocycles. The number of nitrogens with two attached hydrogens (primary N) is 2. The molecule has 80 heavy (non-hydrogen) atoms. The summed E-state index contributed by atoms with van der Waals surface area (Å²) >= 11 is 0. The van der Waals surface area contributed by atoms with Gasteiger partial charge in [0.15, 0.2) is 6.29 Å². The second-order valence-corrected chi connectivity index (χ2v) is 26.7. The zero-order chi connectivity index (χ0) is 58.9. The molecular formula is C58H80N8O12S2. The average molecular weight is 1150 g/mol. The number of hydrogen-bond acceptors (Lipinski definition) is 16. The number of carbonyl (C=O) groups is 2. The fourth-order valence-electron chi connectivity index (χ4n) is 9.35. The minimum absolute atomic E-state index is 0.000457. The number of nitrogens with zero attached hydrogens (tertiary/aromatic N) is 4. The SMILES string of the molecule is CC(C)(CCC#N)CN(C[C@@H](O)[C@H](Cc1ccccc1)NC(=O)OC(C)(C)C)S(=O)(=O)c1cccc(N)c1.CC(C)(CCC#N)CN(C[C@@H](O)[C@H](Cc1ccccc1)NC(=O)OC1CO[C@@H]2OCC[C@H]12)S(=O)(=O)c1cccc(N)c1. The van der Waals surface area contributed by atoms with Gasteiger partial charge in [0.2, 0.25) is 20.0 Å². The Bertz CT molecular complexity index is 2950. The lowest BCUT2D eigenvalue weighted by molar-refractivity contribution is -0.0907. The highest BCUT2D eigenvalue weighted by molar-refractivity contribution is 7.89. The van der Waals surface area contributed by atoms with Gasteiger partial charge in [0.25, 0.3) is 0 Å². The molecule has 0 bridgehead atoms. The Hall–Kier alpha value is -6.34. The van der Waals surface area contributed by atoms with Crippen molar-refractivity contribution in [2.45, 2.75) is 145 Å². The lowest BCUT2D eigenvalue weighted by Crippen LogP contribution is -2.52. The zero-order valence-electron chi connectivity index (χ0n) is 46.9. The number of nitriles is 2. The quantitative estimate of drug-likeness (QED) is 0.0359. The summed E-state index contributed by atoms with van der Waals surface area (Å²) < 4.78 is 79.8. The van der Waals surface area contributed by atoms with Gasteiger partial charge < -0.3 is 51.3 Å². The van der Waals surface area contributed by atoms with E-state index in [1.165, 1.54) is 32.9 Å². The molecule has 0 aromatic heterocycles. The fourth-order valence-corrected chi connectivity index (χ4v) is 12.8. The first-order valence-corrected chi connectivity index (χ1v) is 29.6. The van der Waals surface area contributed by atoms with E-state index in [0.717, 1.165) is 17.5 Å². The number of nitrogens with one attached hydrogen (secondary N) is 2. The number of sulfonamides is 2. The van der Waals surface area contributed by atoms with Crippen LogP contribution in [0, 0.1) is 39.4 Å². The van der Waals surface area contributed by atoms with Gasteiger partial charge in [-0.25, -0.2) is 26.4 Å². The van der Waals surface area contributed by atoms with Gasteiger partial charge in [0.05, 0.1) is 65.4 Å². The molecule has 2 aliphatic rings. The summed E-state index contributed by atoms with van der Waals surface area (Å²) in [7, 11) is -8.18. The average Bonchev–Trinajstić information content (AvgIpc) is 4.11. The predicted octanol–water partition coefficient (Wildman–Crippen LogP) is 7.14. The molecule has 7 atom stereocenters. The molecule has 2 fully saturated rings. The van der Waals surface area contributed by atoms with Crippen LogP contribution in [0.1, 0.15) is 91.7 Å². The fraction of sp³-hybridized carbons (Fsp3) is 0.517. The van der Waals surface area contributed by atoms with Crippen molar-refractivity contribution in [1.82, 2.24) is 19.2 Å². The van der Waals surface area contributed by atoms with E-state index in [9.17, 15) is 36.6 Å². The highest BCUT2D eigenvalue weighted by Gasteiger charge is 2.44. The molecule has 20 nitrogen and oxygen atoms in total. The smallest absolute Gasteiger partial charge is 0.407 e. The normalized spacial score (nSPS) is 18.1. The van der Waals surface area contributed by atoms with Crippen LogP contribution in [0.4, 0.5) is 21.0 Å². The highest BCUT2D eigenvalue weighted by atomic mass is 32.2. The number of aliphatic hydroxyl groups is 2. The molecule has 0 radical (unpaired) electrons. The molecule has 0 saturated carbocycles. The second kappa shape index (κ2) is 28.9. The van der Waals surface area contributed by atoms with Gasteiger partial charge >= 0.3 is 12.2 Å². The summed E-state index contributed by atoms with van der Waals surface area (Å²) in [5.41, 5.74) is 12.1. The largest absolute Gasteiger partial charge is 0.444 e. The lowest BCUT2D eigenvalue weighted by atomic mass is 9.88. The van der Waals surface area contributed by atoms with Gasteiger partial charge in [-0.1, -0.05) is 100 Å². The molecule has 22 heteroatoms. The molecule has 0 spiro atoms. The first-order chi connectivity index (χ1) is 37.6. The summed E-state index contributed by atoms with van der Waals surface area (Å²) in [6.45, 7) is 12.9. The van der Waals surface area contributed by atoms with Gasteiger partial charge in [-0.2, -0.15) is 19.1 Å². The van der Waals surface area contributed by atoms with Crippen LogP contribution in [0.15, 0.2) is 119 Å². The van der Waals surface area contributed by atoms with Crippen molar-refractivity contribution in [3.05, 3.63) is 120 Å². The van der Waals surface area contributed by atoms with Crippen LogP contribution in [0.5, 0.6) is 0 Å². The molecule has 1 unspecified atom stereocenters. The van der Waals surface area contributed by atoms with Gasteiger partial charge in [-0.15, -0.1) is 0 Å². The first-order valence-electron chi connectivity index (χ1n) is 26.7. The van der Waals surface area contributed by atoms with Crippen molar-refractivity contribution in [1.29, 1.82) is 10.5 Å². The van der Waals surface area contributed by atoms with Crippen molar-refractivity contribution in [2.75, 3.05) is 50.9 Å². The van der Waals surface area contributed by atoms with Crippen molar-refractivity contribution in [2.24, 2.45) is 16.7 Å². The van der Waals surface area contributed by atoms with E-state index in [1.807, 2.05) is 88.4 Å². The van der Waals surface area contributed by atoms with Crippen LogP contribution in [0.3, 0.4) is 0 Å². The van der Waals surface area contributed by atoms with Crippen molar-refractivity contribution < 1.29 is 55.6 Å². The number of hydrogen-bond donors (Lipinski definition) is 6. The number of anilines is 2. The van der Waals surface area contributed by atoms with Crippen LogP contribution in [-0.4, -0.2) is 130 Å². The number of benzene rings is 4. The molecule has 436 valence electrons. The third kappa shape index (κ3) is 20.0. The summed E-state index contributed by atoms with van der Waals surface area (Å²) in [5, 5.41) is 46.6. The van der Waals surface area contributed by atoms with Crippen LogP contribution >= 0.6 is 0 Å². The van der Waals surface area contributed by atoms with Crippen LogP contribution < -0.4 is 22.1 Å². The molecule has 0 aliphatic carbocycles. The van der Waals surface area contributed by atoms with Crippen molar-refractivity contribution >= 4 is 43.6 Å². The number of amides is 2. The summed E-state index contributed by atoms with van der Waals surface area (Å²) in [6, 6.07) is 33.0. The maximum Gasteiger partial charge on any atom is 0.407 e. The van der Waals surface area contributed by atoms with E-state index in [-0.39, 0.29) is 86.2 Å². The number of aliphatic hydroxyl groups excluding tert-OH is 2. The Morgan fingerprint density at radius 1 is 0.675 bits per heavy atom. The Kier molecular flexibility index (Phi) is 23.3. The topological polar surface area (TPSA) is 310 Å². The first kappa shape index (κ1) is 64.5. The summed E-state index contributed by atoms with van der Waals surface area (Å²) in [4.78, 5) is 25.7. The molecule has 8 N–H and O–H groups in total. The summed E-state index contributed by atoms with van der Waals surface area (Å²) in [5.74, 6) is -0.0529. The van der Waals surface area contributed by atoms with Gasteiger partial charge in [0.1, 0.15) is 11.7 Å². The predicted molar refractivity (Wildman–Crippen MR) is 303 cm³/mol. The second-order valence-electron chi connectivity index (χ2n) is 22.9. The van der Waals surface area contributed by atoms with Gasteiger partial charge in [0, 0.05) is 50.4 Å². The van der Waals surface area contributed by atoms with E-state index in [4.69, 9.17) is 40.9 Å².